The predicted molar refractivity (Wildman–Crippen MR) is 77.4 cm³/mol. The third-order valence-electron chi connectivity index (χ3n) is 3.86. The van der Waals surface area contributed by atoms with E-state index in [0.29, 0.717) is 12.1 Å². The van der Waals surface area contributed by atoms with Gasteiger partial charge in [0.05, 0.1) is 12.5 Å². The summed E-state index contributed by atoms with van der Waals surface area (Å²) in [7, 11) is 0. The van der Waals surface area contributed by atoms with Crippen molar-refractivity contribution in [3.8, 4) is 6.07 Å². The van der Waals surface area contributed by atoms with Crippen molar-refractivity contribution in [1.82, 2.24) is 0 Å². The average Bonchev–Trinajstić information content (AvgIpc) is 3.23. The van der Waals surface area contributed by atoms with Crippen LogP contribution in [0.4, 0.5) is 5.69 Å². The molecule has 1 amide bonds. The van der Waals surface area contributed by atoms with E-state index < -0.39 is 16.9 Å². The van der Waals surface area contributed by atoms with Gasteiger partial charge in [0.25, 0.3) is 0 Å². The molecule has 1 aromatic carbocycles. The number of hydrogen-bond donors (Lipinski definition) is 0. The molecule has 0 aromatic heterocycles. The monoisotopic (exact) mass is 287 g/mol. The molecule has 6 nitrogen and oxygen atoms in total. The van der Waals surface area contributed by atoms with E-state index in [1.165, 1.54) is 4.90 Å². The van der Waals surface area contributed by atoms with Crippen LogP contribution in [0.25, 0.3) is 0 Å². The third kappa shape index (κ3) is 3.19. The number of benzene rings is 1. The fraction of sp³-hybridized carbons (Fsp3) is 0.467. The van der Waals surface area contributed by atoms with Crippen molar-refractivity contribution in [2.45, 2.75) is 32.7 Å². The van der Waals surface area contributed by atoms with Crippen molar-refractivity contribution in [3.05, 3.63) is 39.4 Å². The molecule has 1 aliphatic rings. The van der Waals surface area contributed by atoms with E-state index in [1.807, 2.05) is 38.1 Å². The maximum absolute atomic E-state index is 12.4. The van der Waals surface area contributed by atoms with Gasteiger partial charge in [-0.2, -0.15) is 5.26 Å². The van der Waals surface area contributed by atoms with Crippen LogP contribution in [0.15, 0.2) is 18.2 Å². The molecule has 1 saturated carbocycles. The summed E-state index contributed by atoms with van der Waals surface area (Å²) < 4.78 is 0. The van der Waals surface area contributed by atoms with E-state index in [1.54, 1.807) is 0 Å². The Morgan fingerprint density at radius 3 is 2.71 bits per heavy atom. The van der Waals surface area contributed by atoms with Crippen LogP contribution in [0.1, 0.15) is 24.0 Å². The van der Waals surface area contributed by atoms with Crippen molar-refractivity contribution in [2.24, 2.45) is 5.92 Å². The van der Waals surface area contributed by atoms with E-state index in [9.17, 15) is 14.9 Å². The summed E-state index contributed by atoms with van der Waals surface area (Å²) >= 11 is 0. The minimum Gasteiger partial charge on any atom is -0.311 e. The van der Waals surface area contributed by atoms with Gasteiger partial charge in [0.2, 0.25) is 11.9 Å². The van der Waals surface area contributed by atoms with Crippen LogP contribution in [0.3, 0.4) is 0 Å². The third-order valence-corrected chi connectivity index (χ3v) is 3.86. The lowest BCUT2D eigenvalue weighted by molar-refractivity contribution is -0.497. The molecule has 21 heavy (non-hydrogen) atoms. The Hall–Kier alpha value is -2.42. The van der Waals surface area contributed by atoms with Gasteiger partial charge >= 0.3 is 0 Å². The van der Waals surface area contributed by atoms with E-state index in [2.05, 4.69) is 0 Å². The van der Waals surface area contributed by atoms with Crippen LogP contribution in [-0.2, 0) is 4.79 Å². The fourth-order valence-corrected chi connectivity index (χ4v) is 2.30. The number of nitro groups is 1. The highest BCUT2D eigenvalue weighted by atomic mass is 16.6. The smallest absolute Gasteiger partial charge is 0.237 e. The number of anilines is 1. The number of nitriles is 1. The molecule has 2 unspecified atom stereocenters. The number of nitrogens with zero attached hydrogens (tertiary/aromatic N) is 3. The Labute approximate surface area is 123 Å². The molecule has 0 spiro atoms. The Balaban J connectivity index is 2.22. The lowest BCUT2D eigenvalue weighted by Gasteiger charge is -2.22. The molecule has 1 fully saturated rings. The maximum Gasteiger partial charge on any atom is 0.237 e. The first kappa shape index (κ1) is 15.0. The second kappa shape index (κ2) is 5.92. The van der Waals surface area contributed by atoms with E-state index in [-0.39, 0.29) is 18.9 Å². The Kier molecular flexibility index (Phi) is 4.22. The zero-order valence-corrected chi connectivity index (χ0v) is 12.1. The minimum absolute atomic E-state index is 0.203. The van der Waals surface area contributed by atoms with Gasteiger partial charge in [-0.15, -0.1) is 0 Å². The molecule has 0 saturated heterocycles. The average molecular weight is 287 g/mol. The van der Waals surface area contributed by atoms with E-state index in [0.717, 1.165) is 11.1 Å². The number of hydrogen-bond acceptors (Lipinski definition) is 4. The largest absolute Gasteiger partial charge is 0.311 e. The zero-order valence-electron chi connectivity index (χ0n) is 12.1. The van der Waals surface area contributed by atoms with Gasteiger partial charge in [-0.25, -0.2) is 0 Å². The Morgan fingerprint density at radius 2 is 2.19 bits per heavy atom. The lowest BCUT2D eigenvalue weighted by atomic mass is 10.1. The maximum atomic E-state index is 12.4. The second-order valence-corrected chi connectivity index (χ2v) is 5.36. The Bertz CT molecular complexity index is 621. The number of carbonyl (C=O) groups is 1. The van der Waals surface area contributed by atoms with Crippen molar-refractivity contribution in [2.75, 3.05) is 11.4 Å². The van der Waals surface area contributed by atoms with Gasteiger partial charge in [-0.3, -0.25) is 14.9 Å². The lowest BCUT2D eigenvalue weighted by Crippen LogP contribution is -2.34. The van der Waals surface area contributed by atoms with E-state index in [4.69, 9.17) is 5.26 Å². The van der Waals surface area contributed by atoms with Gasteiger partial charge in [0, 0.05) is 23.6 Å². The van der Waals surface area contributed by atoms with Crippen molar-refractivity contribution >= 4 is 11.6 Å². The molecule has 110 valence electrons. The number of carbonyl (C=O) groups excluding carboxylic acids is 1. The predicted octanol–water partition coefficient (Wildman–Crippen LogP) is 2.22. The number of amides is 1. The molecule has 0 heterocycles. The van der Waals surface area contributed by atoms with Gasteiger partial charge in [-0.1, -0.05) is 6.07 Å². The molecule has 0 bridgehead atoms. The summed E-state index contributed by atoms with van der Waals surface area (Å²) in [6, 6.07) is 6.86. The molecular weight excluding hydrogens is 270 g/mol. The summed E-state index contributed by atoms with van der Waals surface area (Å²) in [4.78, 5) is 24.3. The molecule has 1 aliphatic carbocycles. The zero-order chi connectivity index (χ0) is 15.6. The fourth-order valence-electron chi connectivity index (χ4n) is 2.30. The molecule has 0 radical (unpaired) electrons. The minimum atomic E-state index is -0.770. The topological polar surface area (TPSA) is 87.2 Å². The first-order valence-corrected chi connectivity index (χ1v) is 6.84. The molecular formula is C15H17N3O3. The summed E-state index contributed by atoms with van der Waals surface area (Å²) in [6.07, 6.45) is 0.494. The van der Waals surface area contributed by atoms with Crippen molar-refractivity contribution in [1.29, 1.82) is 5.26 Å². The number of aryl methyl sites for hydroxylation is 2. The van der Waals surface area contributed by atoms with Crippen LogP contribution in [0, 0.1) is 41.2 Å². The number of rotatable bonds is 5. The molecule has 0 aliphatic heterocycles. The van der Waals surface area contributed by atoms with Crippen molar-refractivity contribution in [3.63, 3.8) is 0 Å². The normalized spacial score (nSPS) is 19.7. The van der Waals surface area contributed by atoms with Gasteiger partial charge < -0.3 is 4.90 Å². The van der Waals surface area contributed by atoms with Crippen LogP contribution < -0.4 is 4.90 Å². The summed E-state index contributed by atoms with van der Waals surface area (Å²) in [5.74, 6) is -0.810. The Morgan fingerprint density at radius 1 is 1.48 bits per heavy atom. The summed E-state index contributed by atoms with van der Waals surface area (Å²) in [6.45, 7) is 4.19. The van der Waals surface area contributed by atoms with Gasteiger partial charge in [0.1, 0.15) is 5.92 Å². The van der Waals surface area contributed by atoms with Crippen LogP contribution in [0.2, 0.25) is 0 Å². The highest BCUT2D eigenvalue weighted by Gasteiger charge is 2.54. The van der Waals surface area contributed by atoms with Gasteiger partial charge in [-0.05, 0) is 37.1 Å². The standard InChI is InChI=1S/C15H17N3O3/c1-10-4-5-12(8-11(10)2)17(7-3-6-16)15(19)13-9-14(13)18(20)21/h4-5,8,13-14H,3,7,9H2,1-2H3. The molecule has 1 aromatic rings. The highest BCUT2D eigenvalue weighted by Crippen LogP contribution is 2.36. The molecule has 6 heteroatoms. The molecule has 0 N–H and O–H groups in total. The van der Waals surface area contributed by atoms with E-state index >= 15 is 0 Å². The second-order valence-electron chi connectivity index (χ2n) is 5.36. The molecule has 2 rings (SSSR count). The van der Waals surface area contributed by atoms with Crippen molar-refractivity contribution < 1.29 is 9.72 Å². The van der Waals surface area contributed by atoms with Crippen LogP contribution in [0.5, 0.6) is 0 Å². The van der Waals surface area contributed by atoms with Crippen LogP contribution >= 0.6 is 0 Å². The quantitative estimate of drug-likeness (QED) is 0.613. The molecule has 2 atom stereocenters. The van der Waals surface area contributed by atoms with Gasteiger partial charge in [0.15, 0.2) is 0 Å². The summed E-state index contributed by atoms with van der Waals surface area (Å²) in [5, 5.41) is 19.5. The first-order chi connectivity index (χ1) is 9.95. The first-order valence-electron chi connectivity index (χ1n) is 6.84. The summed E-state index contributed by atoms with van der Waals surface area (Å²) in [5.41, 5.74) is 2.86. The highest BCUT2D eigenvalue weighted by molar-refractivity contribution is 5.97. The SMILES string of the molecule is Cc1ccc(N(CCC#N)C(=O)C2CC2[N+](=O)[O-])cc1C. The van der Waals surface area contributed by atoms with Crippen LogP contribution in [-0.4, -0.2) is 23.4 Å².